The fourth-order valence-corrected chi connectivity index (χ4v) is 2.67. The molecule has 24 heavy (non-hydrogen) atoms. The van der Waals surface area contributed by atoms with E-state index >= 15 is 0 Å². The predicted octanol–water partition coefficient (Wildman–Crippen LogP) is 2.23. The number of rotatable bonds is 6. The van der Waals surface area contributed by atoms with E-state index in [0.717, 1.165) is 13.1 Å². The number of amides is 1. The minimum absolute atomic E-state index is 0. The lowest BCUT2D eigenvalue weighted by Crippen LogP contribution is -2.49. The Balaban J connectivity index is 0.00000288. The number of hydrogen-bond acceptors (Lipinski definition) is 4. The number of alkyl halides is 2. The Hall–Kier alpha value is -1.15. The van der Waals surface area contributed by atoms with Gasteiger partial charge in [0, 0.05) is 43.3 Å². The average Bonchev–Trinajstić information content (AvgIpc) is 2.50. The maximum Gasteiger partial charge on any atom is 0.387 e. The van der Waals surface area contributed by atoms with Gasteiger partial charge in [-0.25, -0.2) is 0 Å². The van der Waals surface area contributed by atoms with Crippen LogP contribution in [0.3, 0.4) is 0 Å². The number of halogens is 4. The van der Waals surface area contributed by atoms with Gasteiger partial charge in [-0.1, -0.05) is 11.6 Å². The highest BCUT2D eigenvalue weighted by molar-refractivity contribution is 6.30. The molecule has 0 bridgehead atoms. The van der Waals surface area contributed by atoms with Crippen LogP contribution in [-0.4, -0.2) is 62.1 Å². The Morgan fingerprint density at radius 3 is 2.71 bits per heavy atom. The summed E-state index contributed by atoms with van der Waals surface area (Å²) in [4.78, 5) is 15.8. The van der Waals surface area contributed by atoms with E-state index in [9.17, 15) is 13.6 Å². The van der Waals surface area contributed by atoms with E-state index in [1.165, 1.54) is 12.1 Å². The fraction of sp³-hybridized carbons (Fsp3) is 0.533. The standard InChI is InChI=1S/C15H20ClF2N3O2.ClH/c1-20(10-14(22)21-6-4-19-5-7-21)9-11-8-12(16)2-3-13(11)23-15(17)18;/h2-3,8,15,19H,4-7,9-10H2,1H3;1H. The lowest BCUT2D eigenvalue weighted by atomic mass is 10.2. The number of carbonyl (C=O) groups is 1. The van der Waals surface area contributed by atoms with Crippen LogP contribution in [-0.2, 0) is 11.3 Å². The number of carbonyl (C=O) groups excluding carboxylic acids is 1. The SMILES string of the molecule is CN(CC(=O)N1CCNCC1)Cc1cc(Cl)ccc1OC(F)F.Cl. The molecule has 1 saturated heterocycles. The van der Waals surface area contributed by atoms with Crippen LogP contribution >= 0.6 is 24.0 Å². The first-order chi connectivity index (χ1) is 11.0. The van der Waals surface area contributed by atoms with Gasteiger partial charge in [0.05, 0.1) is 6.54 Å². The minimum atomic E-state index is -2.90. The van der Waals surface area contributed by atoms with Crippen LogP contribution in [0.5, 0.6) is 5.75 Å². The smallest absolute Gasteiger partial charge is 0.387 e. The molecule has 1 aromatic rings. The van der Waals surface area contributed by atoms with Gasteiger partial charge in [0.25, 0.3) is 0 Å². The highest BCUT2D eigenvalue weighted by Gasteiger charge is 2.19. The van der Waals surface area contributed by atoms with Crippen molar-refractivity contribution in [2.24, 2.45) is 0 Å². The van der Waals surface area contributed by atoms with Crippen molar-refractivity contribution < 1.29 is 18.3 Å². The number of hydrogen-bond donors (Lipinski definition) is 1. The molecule has 0 saturated carbocycles. The maximum atomic E-state index is 12.5. The van der Waals surface area contributed by atoms with Gasteiger partial charge in [0.1, 0.15) is 5.75 Å². The molecule has 0 aliphatic carbocycles. The quantitative estimate of drug-likeness (QED) is 0.817. The minimum Gasteiger partial charge on any atom is -0.434 e. The van der Waals surface area contributed by atoms with Crippen molar-refractivity contribution in [1.29, 1.82) is 0 Å². The molecular weight excluding hydrogens is 363 g/mol. The second-order valence-electron chi connectivity index (χ2n) is 5.43. The maximum absolute atomic E-state index is 12.5. The van der Waals surface area contributed by atoms with Crippen molar-refractivity contribution in [2.75, 3.05) is 39.8 Å². The molecule has 0 atom stereocenters. The van der Waals surface area contributed by atoms with Crippen LogP contribution in [0.15, 0.2) is 18.2 Å². The normalized spacial score (nSPS) is 14.7. The van der Waals surface area contributed by atoms with E-state index in [-0.39, 0.29) is 30.6 Å². The zero-order valence-electron chi connectivity index (χ0n) is 13.3. The van der Waals surface area contributed by atoms with E-state index in [1.54, 1.807) is 22.9 Å². The third kappa shape index (κ3) is 6.39. The molecule has 1 fully saturated rings. The van der Waals surface area contributed by atoms with Gasteiger partial charge in [-0.3, -0.25) is 9.69 Å². The third-order valence-corrected chi connectivity index (χ3v) is 3.79. The van der Waals surface area contributed by atoms with Crippen molar-refractivity contribution in [2.45, 2.75) is 13.2 Å². The van der Waals surface area contributed by atoms with Gasteiger partial charge in [-0.2, -0.15) is 8.78 Å². The average molecular weight is 384 g/mol. The van der Waals surface area contributed by atoms with Gasteiger partial charge < -0.3 is 15.0 Å². The zero-order chi connectivity index (χ0) is 16.8. The van der Waals surface area contributed by atoms with E-state index in [4.69, 9.17) is 11.6 Å². The molecule has 1 aliphatic rings. The molecule has 0 unspecified atom stereocenters. The van der Waals surface area contributed by atoms with Crippen molar-refractivity contribution in [3.8, 4) is 5.75 Å². The topological polar surface area (TPSA) is 44.8 Å². The summed E-state index contributed by atoms with van der Waals surface area (Å²) in [5.41, 5.74) is 0.522. The van der Waals surface area contributed by atoms with Crippen LogP contribution in [0.1, 0.15) is 5.56 Å². The van der Waals surface area contributed by atoms with Crippen molar-refractivity contribution in [3.05, 3.63) is 28.8 Å². The predicted molar refractivity (Wildman–Crippen MR) is 91.1 cm³/mol. The first-order valence-corrected chi connectivity index (χ1v) is 7.74. The molecule has 1 heterocycles. The van der Waals surface area contributed by atoms with Crippen LogP contribution in [0.25, 0.3) is 0 Å². The third-order valence-electron chi connectivity index (χ3n) is 3.55. The Labute approximate surface area is 151 Å². The molecule has 9 heteroatoms. The molecule has 0 aromatic heterocycles. The summed E-state index contributed by atoms with van der Waals surface area (Å²) >= 11 is 5.92. The Kier molecular flexibility index (Phi) is 8.69. The molecule has 136 valence electrons. The number of benzene rings is 1. The molecule has 0 spiro atoms. The van der Waals surface area contributed by atoms with Gasteiger partial charge in [-0.15, -0.1) is 12.4 Å². The molecule has 1 N–H and O–H groups in total. The summed E-state index contributed by atoms with van der Waals surface area (Å²) in [6.45, 7) is 0.545. The van der Waals surface area contributed by atoms with Crippen LogP contribution < -0.4 is 10.1 Å². The molecular formula is C15H21Cl2F2N3O2. The van der Waals surface area contributed by atoms with E-state index in [2.05, 4.69) is 10.1 Å². The molecule has 2 rings (SSSR count). The first-order valence-electron chi connectivity index (χ1n) is 7.36. The summed E-state index contributed by atoms with van der Waals surface area (Å²) in [6, 6.07) is 4.48. The monoisotopic (exact) mass is 383 g/mol. The summed E-state index contributed by atoms with van der Waals surface area (Å²) in [6.07, 6.45) is 0. The van der Waals surface area contributed by atoms with Crippen molar-refractivity contribution in [1.82, 2.24) is 15.1 Å². The summed E-state index contributed by atoms with van der Waals surface area (Å²) < 4.78 is 29.4. The lowest BCUT2D eigenvalue weighted by molar-refractivity contribution is -0.132. The largest absolute Gasteiger partial charge is 0.434 e. The summed E-state index contributed by atoms with van der Waals surface area (Å²) in [5, 5.41) is 3.62. The number of piperazine rings is 1. The second kappa shape index (κ2) is 9.98. The van der Waals surface area contributed by atoms with Crippen molar-refractivity contribution >= 4 is 29.9 Å². The first kappa shape index (κ1) is 20.9. The van der Waals surface area contributed by atoms with Crippen LogP contribution in [0, 0.1) is 0 Å². The summed E-state index contributed by atoms with van der Waals surface area (Å²) in [7, 11) is 1.76. The van der Waals surface area contributed by atoms with E-state index in [0.29, 0.717) is 30.2 Å². The molecule has 1 aromatic carbocycles. The number of nitrogens with zero attached hydrogens (tertiary/aromatic N) is 2. The van der Waals surface area contributed by atoms with Crippen LogP contribution in [0.2, 0.25) is 5.02 Å². The Bertz CT molecular complexity index is 543. The van der Waals surface area contributed by atoms with Crippen molar-refractivity contribution in [3.63, 3.8) is 0 Å². The number of nitrogens with one attached hydrogen (secondary N) is 1. The van der Waals surface area contributed by atoms with Crippen LogP contribution in [0.4, 0.5) is 8.78 Å². The van der Waals surface area contributed by atoms with Gasteiger partial charge >= 0.3 is 6.61 Å². The molecule has 5 nitrogen and oxygen atoms in total. The van der Waals surface area contributed by atoms with Gasteiger partial charge in [0.15, 0.2) is 0 Å². The highest BCUT2D eigenvalue weighted by Crippen LogP contribution is 2.25. The van der Waals surface area contributed by atoms with E-state index < -0.39 is 6.61 Å². The zero-order valence-corrected chi connectivity index (χ0v) is 14.9. The van der Waals surface area contributed by atoms with Gasteiger partial charge in [0.2, 0.25) is 5.91 Å². The Morgan fingerprint density at radius 1 is 1.42 bits per heavy atom. The fourth-order valence-electron chi connectivity index (χ4n) is 2.47. The molecule has 0 radical (unpaired) electrons. The molecule has 1 amide bonds. The lowest BCUT2D eigenvalue weighted by Gasteiger charge is -2.29. The number of likely N-dealkylation sites (N-methyl/N-ethyl adjacent to an activating group) is 1. The second-order valence-corrected chi connectivity index (χ2v) is 5.87. The van der Waals surface area contributed by atoms with Gasteiger partial charge in [-0.05, 0) is 25.2 Å². The number of ether oxygens (including phenoxy) is 1. The Morgan fingerprint density at radius 2 is 2.08 bits per heavy atom. The molecule has 1 aliphatic heterocycles. The summed E-state index contributed by atoms with van der Waals surface area (Å²) in [5.74, 6) is 0.0956. The van der Waals surface area contributed by atoms with E-state index in [1.807, 2.05) is 0 Å². The highest BCUT2D eigenvalue weighted by atomic mass is 35.5.